The number of hydrogen-bond acceptors (Lipinski definition) is 10. The Hall–Kier alpha value is -0.400. The average Bonchev–Trinajstić information content (AvgIpc) is 3.67. The van der Waals surface area contributed by atoms with Crippen molar-refractivity contribution >= 4 is 0 Å². The molecule has 0 aliphatic carbocycles. The van der Waals surface area contributed by atoms with Gasteiger partial charge in [0, 0.05) is 18.6 Å². The molecule has 35 heavy (non-hydrogen) atoms. The summed E-state index contributed by atoms with van der Waals surface area (Å²) in [5.41, 5.74) is -0.0985. The van der Waals surface area contributed by atoms with Crippen LogP contribution in [-0.2, 0) is 47.4 Å². The van der Waals surface area contributed by atoms with Gasteiger partial charge in [0.1, 0.15) is 30.5 Å². The van der Waals surface area contributed by atoms with E-state index in [1.165, 1.54) is 0 Å². The van der Waals surface area contributed by atoms with Gasteiger partial charge in [0.25, 0.3) is 0 Å². The summed E-state index contributed by atoms with van der Waals surface area (Å²) in [6.07, 6.45) is 4.74. The molecule has 0 amide bonds. The zero-order chi connectivity index (χ0) is 24.2. The first-order valence-corrected chi connectivity index (χ1v) is 13.2. The third-order valence-corrected chi connectivity index (χ3v) is 6.33. The first kappa shape index (κ1) is 27.6. The van der Waals surface area contributed by atoms with Crippen molar-refractivity contribution in [3.05, 3.63) is 0 Å². The molecule has 0 aromatic rings. The van der Waals surface area contributed by atoms with Crippen LogP contribution in [0.1, 0.15) is 26.2 Å². The lowest BCUT2D eigenvalue weighted by Crippen LogP contribution is -2.38. The normalized spacial score (nSPS) is 31.3. The highest BCUT2D eigenvalue weighted by Gasteiger charge is 2.34. The summed E-state index contributed by atoms with van der Waals surface area (Å²) in [5.74, 6) is 0. The molecule has 0 saturated carbocycles. The Labute approximate surface area is 209 Å². The quantitative estimate of drug-likeness (QED) is 0.158. The van der Waals surface area contributed by atoms with Crippen LogP contribution in [0.4, 0.5) is 0 Å². The van der Waals surface area contributed by atoms with E-state index in [-0.39, 0.29) is 5.41 Å². The number of hydrogen-bond donors (Lipinski definition) is 0. The first-order valence-electron chi connectivity index (χ1n) is 13.2. The van der Waals surface area contributed by atoms with E-state index in [1.807, 2.05) is 0 Å². The van der Waals surface area contributed by atoms with Crippen molar-refractivity contribution in [2.45, 2.75) is 56.7 Å². The number of unbranched alkanes of at least 4 members (excludes halogenated alkanes) is 1. The third-order valence-electron chi connectivity index (χ3n) is 6.33. The molecule has 0 radical (unpaired) electrons. The molecule has 5 unspecified atom stereocenters. The van der Waals surface area contributed by atoms with Crippen molar-refractivity contribution < 1.29 is 47.4 Å². The van der Waals surface area contributed by atoms with Gasteiger partial charge in [0.05, 0.1) is 85.9 Å². The van der Waals surface area contributed by atoms with Gasteiger partial charge in [-0.3, -0.25) is 0 Å². The fourth-order valence-electron chi connectivity index (χ4n) is 3.31. The number of rotatable bonds is 22. The second kappa shape index (κ2) is 15.1. The summed E-state index contributed by atoms with van der Waals surface area (Å²) in [7, 11) is 0. The Bertz CT molecular complexity index is 495. The Balaban J connectivity index is 0.000000179. The van der Waals surface area contributed by atoms with Crippen molar-refractivity contribution in [1.29, 1.82) is 0 Å². The van der Waals surface area contributed by atoms with Gasteiger partial charge < -0.3 is 47.4 Å². The molecule has 0 bridgehead atoms. The fourth-order valence-corrected chi connectivity index (χ4v) is 3.31. The van der Waals surface area contributed by atoms with Gasteiger partial charge in [-0.05, 0) is 19.3 Å². The highest BCUT2D eigenvalue weighted by molar-refractivity contribution is 4.80. The Morgan fingerprint density at radius 1 is 0.514 bits per heavy atom. The van der Waals surface area contributed by atoms with Crippen LogP contribution >= 0.6 is 0 Å². The van der Waals surface area contributed by atoms with Gasteiger partial charge in [-0.2, -0.15) is 0 Å². The van der Waals surface area contributed by atoms with Gasteiger partial charge in [0.15, 0.2) is 0 Å². The van der Waals surface area contributed by atoms with Gasteiger partial charge in [-0.1, -0.05) is 6.92 Å². The van der Waals surface area contributed by atoms with E-state index in [4.69, 9.17) is 47.4 Å². The van der Waals surface area contributed by atoms with E-state index in [0.717, 1.165) is 78.7 Å². The van der Waals surface area contributed by atoms with Crippen molar-refractivity contribution in [3.8, 4) is 0 Å². The van der Waals surface area contributed by atoms with Crippen LogP contribution in [0.3, 0.4) is 0 Å². The molecule has 5 aliphatic heterocycles. The van der Waals surface area contributed by atoms with Crippen molar-refractivity contribution in [3.63, 3.8) is 0 Å². The summed E-state index contributed by atoms with van der Waals surface area (Å²) in [4.78, 5) is 0. The van der Waals surface area contributed by atoms with Gasteiger partial charge >= 0.3 is 0 Å². The molecule has 0 spiro atoms. The predicted octanol–water partition coefficient (Wildman–Crippen LogP) is 1.23. The van der Waals surface area contributed by atoms with Crippen molar-refractivity contribution in [1.82, 2.24) is 0 Å². The molecule has 10 nitrogen and oxygen atoms in total. The zero-order valence-electron chi connectivity index (χ0n) is 21.2. The molecule has 0 aromatic heterocycles. The molecular formula is C25H44O10. The maximum Gasteiger partial charge on any atom is 0.104 e. The maximum atomic E-state index is 5.81. The molecule has 0 N–H and O–H groups in total. The molecule has 5 atom stereocenters. The summed E-state index contributed by atoms with van der Waals surface area (Å²) in [6, 6.07) is 0. The lowest BCUT2D eigenvalue weighted by Gasteiger charge is -2.32. The van der Waals surface area contributed by atoms with E-state index in [2.05, 4.69) is 6.92 Å². The first-order chi connectivity index (χ1) is 17.2. The fraction of sp³-hybridized carbons (Fsp3) is 1.00. The van der Waals surface area contributed by atoms with Crippen LogP contribution in [0.5, 0.6) is 0 Å². The zero-order valence-corrected chi connectivity index (χ0v) is 21.2. The molecule has 5 rings (SSSR count). The summed E-state index contributed by atoms with van der Waals surface area (Å²) >= 11 is 0. The second-order valence-corrected chi connectivity index (χ2v) is 10.0. The van der Waals surface area contributed by atoms with E-state index in [9.17, 15) is 0 Å². The molecule has 5 fully saturated rings. The maximum absolute atomic E-state index is 5.81. The molecule has 5 aliphatic rings. The minimum absolute atomic E-state index is 0.0985. The molecular weight excluding hydrogens is 460 g/mol. The minimum Gasteiger partial charge on any atom is -0.379 e. The highest BCUT2D eigenvalue weighted by atomic mass is 16.6. The van der Waals surface area contributed by atoms with Crippen LogP contribution in [-0.4, -0.2) is 130 Å². The standard InChI is InChI=1S/C15H26O6.C10H18O4/c1-2-15(9-16-3-12-6-19-12,10-17-4-13-7-20-13)11-18-5-14-8-21-14;1(3-11-5-9-7-13-9)2-4-12-6-10-8-14-10/h12-14H,2-11H2,1H3;9-10H,1-8H2. The van der Waals surface area contributed by atoms with Crippen LogP contribution in [0.15, 0.2) is 0 Å². The smallest absolute Gasteiger partial charge is 0.104 e. The lowest BCUT2D eigenvalue weighted by molar-refractivity contribution is -0.0762. The topological polar surface area (TPSA) is 109 Å². The SMILES string of the molecule is C(CCOCC1CO1)COCC1CO1.CCC(COCC1CO1)(COCC1CO1)COCC1CO1. The monoisotopic (exact) mass is 504 g/mol. The number of epoxide rings is 5. The van der Waals surface area contributed by atoms with Crippen LogP contribution in [0, 0.1) is 5.41 Å². The molecule has 5 heterocycles. The summed E-state index contributed by atoms with van der Waals surface area (Å²) in [6.45, 7) is 13.5. The van der Waals surface area contributed by atoms with Gasteiger partial charge in [-0.25, -0.2) is 0 Å². The van der Waals surface area contributed by atoms with E-state index < -0.39 is 0 Å². The summed E-state index contributed by atoms with van der Waals surface area (Å²) < 4.78 is 53.8. The average molecular weight is 505 g/mol. The van der Waals surface area contributed by atoms with Crippen molar-refractivity contribution in [2.75, 3.05) is 99.1 Å². The molecule has 204 valence electrons. The molecule has 5 saturated heterocycles. The second-order valence-electron chi connectivity index (χ2n) is 10.0. The number of ether oxygens (including phenoxy) is 10. The van der Waals surface area contributed by atoms with Crippen molar-refractivity contribution in [2.24, 2.45) is 5.41 Å². The Morgan fingerprint density at radius 2 is 0.800 bits per heavy atom. The van der Waals surface area contributed by atoms with Crippen LogP contribution in [0.25, 0.3) is 0 Å². The van der Waals surface area contributed by atoms with E-state index in [1.54, 1.807) is 0 Å². The Morgan fingerprint density at radius 3 is 1.06 bits per heavy atom. The van der Waals surface area contributed by atoms with E-state index in [0.29, 0.717) is 70.2 Å². The lowest BCUT2D eigenvalue weighted by atomic mass is 9.88. The third kappa shape index (κ3) is 13.6. The minimum atomic E-state index is -0.0985. The van der Waals surface area contributed by atoms with Crippen LogP contribution < -0.4 is 0 Å². The predicted molar refractivity (Wildman–Crippen MR) is 125 cm³/mol. The molecule has 10 heteroatoms. The van der Waals surface area contributed by atoms with Gasteiger partial charge in [0.2, 0.25) is 0 Å². The van der Waals surface area contributed by atoms with Gasteiger partial charge in [-0.15, -0.1) is 0 Å². The summed E-state index contributed by atoms with van der Waals surface area (Å²) in [5, 5.41) is 0. The Kier molecular flexibility index (Phi) is 11.9. The van der Waals surface area contributed by atoms with Crippen LogP contribution in [0.2, 0.25) is 0 Å². The largest absolute Gasteiger partial charge is 0.379 e. The highest BCUT2D eigenvalue weighted by Crippen LogP contribution is 2.26. The van der Waals surface area contributed by atoms with E-state index >= 15 is 0 Å². The molecule has 0 aromatic carbocycles.